The predicted octanol–water partition coefficient (Wildman–Crippen LogP) is 3.28. The summed E-state index contributed by atoms with van der Waals surface area (Å²) in [5.74, 6) is 2.02. The van der Waals surface area contributed by atoms with Gasteiger partial charge in [-0.25, -0.2) is 4.98 Å². The number of ether oxygens (including phenoxy) is 3. The summed E-state index contributed by atoms with van der Waals surface area (Å²) in [6.07, 6.45) is 1.71. The molecule has 112 valence electrons. The zero-order valence-electron chi connectivity index (χ0n) is 12.7. The molecule has 5 nitrogen and oxygen atoms in total. The van der Waals surface area contributed by atoms with Gasteiger partial charge in [0.1, 0.15) is 0 Å². The summed E-state index contributed by atoms with van der Waals surface area (Å²) in [5.41, 5.74) is 2.05. The molecule has 1 unspecified atom stereocenters. The monoisotopic (exact) mass is 288 g/mol. The van der Waals surface area contributed by atoms with E-state index in [1.807, 2.05) is 30.3 Å². The van der Waals surface area contributed by atoms with Crippen molar-refractivity contribution in [3.8, 4) is 17.4 Å². The summed E-state index contributed by atoms with van der Waals surface area (Å²) in [7, 11) is 4.86. The van der Waals surface area contributed by atoms with Gasteiger partial charge < -0.3 is 19.5 Å². The molecule has 0 saturated heterocycles. The topological polar surface area (TPSA) is 52.6 Å². The van der Waals surface area contributed by atoms with Crippen LogP contribution in [0, 0.1) is 0 Å². The fraction of sp³-hybridized carbons (Fsp3) is 0.312. The van der Waals surface area contributed by atoms with E-state index in [1.54, 1.807) is 27.5 Å². The molecule has 0 aliphatic heterocycles. The Kier molecular flexibility index (Phi) is 4.87. The molecule has 0 fully saturated rings. The molecule has 1 aromatic heterocycles. The van der Waals surface area contributed by atoms with E-state index in [0.717, 1.165) is 22.7 Å². The Balaban J connectivity index is 2.17. The van der Waals surface area contributed by atoms with Crippen molar-refractivity contribution < 1.29 is 14.2 Å². The van der Waals surface area contributed by atoms with E-state index < -0.39 is 0 Å². The van der Waals surface area contributed by atoms with Gasteiger partial charge in [-0.3, -0.25) is 0 Å². The predicted molar refractivity (Wildman–Crippen MR) is 82.4 cm³/mol. The number of nitrogens with zero attached hydrogens (tertiary/aromatic N) is 1. The first kappa shape index (κ1) is 15.0. The van der Waals surface area contributed by atoms with Crippen molar-refractivity contribution in [2.75, 3.05) is 26.6 Å². The molecule has 0 saturated carbocycles. The maximum absolute atomic E-state index is 5.33. The summed E-state index contributed by atoms with van der Waals surface area (Å²) in [4.78, 5) is 4.09. The highest BCUT2D eigenvalue weighted by Gasteiger charge is 2.10. The molecule has 0 aliphatic rings. The fourth-order valence-electron chi connectivity index (χ4n) is 2.07. The minimum absolute atomic E-state index is 0.108. The molecule has 5 heteroatoms. The number of nitrogens with one attached hydrogen (secondary N) is 1. The average Bonchev–Trinajstić information content (AvgIpc) is 2.54. The lowest BCUT2D eigenvalue weighted by Gasteiger charge is -2.17. The van der Waals surface area contributed by atoms with Crippen molar-refractivity contribution in [2.45, 2.75) is 13.0 Å². The number of hydrogen-bond donors (Lipinski definition) is 1. The van der Waals surface area contributed by atoms with E-state index >= 15 is 0 Å². The lowest BCUT2D eigenvalue weighted by Crippen LogP contribution is -2.07. The SMILES string of the molecule is COc1cc(NC(C)c2ccc(OC)c(OC)c2)ccn1. The van der Waals surface area contributed by atoms with Crippen LogP contribution >= 0.6 is 0 Å². The third-order valence-corrected chi connectivity index (χ3v) is 3.23. The minimum atomic E-state index is 0.108. The Bertz CT molecular complexity index is 602. The molecule has 1 atom stereocenters. The van der Waals surface area contributed by atoms with Crippen LogP contribution in [0.1, 0.15) is 18.5 Å². The smallest absolute Gasteiger partial charge is 0.214 e. The van der Waals surface area contributed by atoms with E-state index in [9.17, 15) is 0 Å². The first-order valence-electron chi connectivity index (χ1n) is 6.66. The lowest BCUT2D eigenvalue weighted by atomic mass is 10.1. The van der Waals surface area contributed by atoms with Crippen molar-refractivity contribution in [2.24, 2.45) is 0 Å². The van der Waals surface area contributed by atoms with Crippen LogP contribution in [0.25, 0.3) is 0 Å². The maximum Gasteiger partial charge on any atom is 0.214 e. The molecule has 21 heavy (non-hydrogen) atoms. The molecule has 2 aromatic rings. The normalized spacial score (nSPS) is 11.6. The standard InChI is InChI=1S/C16H20N2O3/c1-11(18-13-7-8-17-16(10-13)21-4)12-5-6-14(19-2)15(9-12)20-3/h5-11H,1-4H3,(H,17,18). The van der Waals surface area contributed by atoms with Gasteiger partial charge in [-0.2, -0.15) is 0 Å². The van der Waals surface area contributed by atoms with Crippen LogP contribution in [0.2, 0.25) is 0 Å². The number of anilines is 1. The third kappa shape index (κ3) is 3.56. The van der Waals surface area contributed by atoms with Gasteiger partial charge in [-0.05, 0) is 30.7 Å². The molecule has 0 spiro atoms. The van der Waals surface area contributed by atoms with E-state index in [2.05, 4.69) is 17.2 Å². The minimum Gasteiger partial charge on any atom is -0.493 e. The molecule has 0 amide bonds. The van der Waals surface area contributed by atoms with Crippen LogP contribution in [0.4, 0.5) is 5.69 Å². The second-order valence-corrected chi connectivity index (χ2v) is 4.57. The van der Waals surface area contributed by atoms with Crippen molar-refractivity contribution in [1.82, 2.24) is 4.98 Å². The van der Waals surface area contributed by atoms with Crippen molar-refractivity contribution in [3.05, 3.63) is 42.1 Å². The number of hydrogen-bond acceptors (Lipinski definition) is 5. The molecule has 2 rings (SSSR count). The van der Waals surface area contributed by atoms with Crippen LogP contribution in [-0.4, -0.2) is 26.3 Å². The van der Waals surface area contributed by atoms with Gasteiger partial charge in [0.05, 0.1) is 21.3 Å². The second kappa shape index (κ2) is 6.83. The molecular weight excluding hydrogens is 268 g/mol. The van der Waals surface area contributed by atoms with Gasteiger partial charge in [0.15, 0.2) is 11.5 Å². The number of benzene rings is 1. The first-order valence-corrected chi connectivity index (χ1v) is 6.66. The Morgan fingerprint density at radius 3 is 2.38 bits per heavy atom. The van der Waals surface area contributed by atoms with Crippen LogP contribution in [0.15, 0.2) is 36.5 Å². The Morgan fingerprint density at radius 1 is 0.952 bits per heavy atom. The largest absolute Gasteiger partial charge is 0.493 e. The Morgan fingerprint density at radius 2 is 1.71 bits per heavy atom. The zero-order chi connectivity index (χ0) is 15.2. The summed E-state index contributed by atoms with van der Waals surface area (Å²) in [6, 6.07) is 9.75. The highest BCUT2D eigenvalue weighted by molar-refractivity contribution is 5.49. The summed E-state index contributed by atoms with van der Waals surface area (Å²) >= 11 is 0. The van der Waals surface area contributed by atoms with Crippen LogP contribution < -0.4 is 19.5 Å². The fourth-order valence-corrected chi connectivity index (χ4v) is 2.07. The quantitative estimate of drug-likeness (QED) is 0.884. The summed E-state index contributed by atoms with van der Waals surface area (Å²) in [6.45, 7) is 2.08. The van der Waals surface area contributed by atoms with Gasteiger partial charge in [-0.15, -0.1) is 0 Å². The van der Waals surface area contributed by atoms with Crippen LogP contribution in [0.5, 0.6) is 17.4 Å². The highest BCUT2D eigenvalue weighted by atomic mass is 16.5. The summed E-state index contributed by atoms with van der Waals surface area (Å²) < 4.78 is 15.7. The molecule has 1 heterocycles. The van der Waals surface area contributed by atoms with Crippen molar-refractivity contribution in [3.63, 3.8) is 0 Å². The highest BCUT2D eigenvalue weighted by Crippen LogP contribution is 2.31. The van der Waals surface area contributed by atoms with Gasteiger partial charge in [0.2, 0.25) is 5.88 Å². The van der Waals surface area contributed by atoms with Gasteiger partial charge in [0.25, 0.3) is 0 Å². The van der Waals surface area contributed by atoms with Crippen LogP contribution in [-0.2, 0) is 0 Å². The summed E-state index contributed by atoms with van der Waals surface area (Å²) in [5, 5.41) is 3.41. The number of pyridine rings is 1. The number of methoxy groups -OCH3 is 3. The Hall–Kier alpha value is -2.43. The Labute approximate surface area is 124 Å². The van der Waals surface area contributed by atoms with Gasteiger partial charge in [0, 0.05) is 24.0 Å². The van der Waals surface area contributed by atoms with E-state index in [1.165, 1.54) is 0 Å². The lowest BCUT2D eigenvalue weighted by molar-refractivity contribution is 0.354. The van der Waals surface area contributed by atoms with Gasteiger partial charge in [-0.1, -0.05) is 6.07 Å². The molecule has 1 N–H and O–H groups in total. The third-order valence-electron chi connectivity index (χ3n) is 3.23. The van der Waals surface area contributed by atoms with Gasteiger partial charge >= 0.3 is 0 Å². The molecule has 0 bridgehead atoms. The second-order valence-electron chi connectivity index (χ2n) is 4.57. The van der Waals surface area contributed by atoms with Crippen molar-refractivity contribution in [1.29, 1.82) is 0 Å². The molecule has 1 aromatic carbocycles. The first-order chi connectivity index (χ1) is 10.2. The molecule has 0 aliphatic carbocycles. The molecular formula is C16H20N2O3. The van der Waals surface area contributed by atoms with Crippen molar-refractivity contribution >= 4 is 5.69 Å². The van der Waals surface area contributed by atoms with E-state index in [4.69, 9.17) is 14.2 Å². The zero-order valence-corrected chi connectivity index (χ0v) is 12.7. The molecule has 0 radical (unpaired) electrons. The van der Waals surface area contributed by atoms with E-state index in [0.29, 0.717) is 5.88 Å². The van der Waals surface area contributed by atoms with Crippen LogP contribution in [0.3, 0.4) is 0 Å². The number of aromatic nitrogens is 1. The maximum atomic E-state index is 5.33. The average molecular weight is 288 g/mol. The number of rotatable bonds is 6. The van der Waals surface area contributed by atoms with E-state index in [-0.39, 0.29) is 6.04 Å².